The second-order valence-corrected chi connectivity index (χ2v) is 2.82. The summed E-state index contributed by atoms with van der Waals surface area (Å²) in [5, 5.41) is 12.3. The smallest absolute Gasteiger partial charge is 0.219 e. The van der Waals surface area contributed by atoms with Gasteiger partial charge < -0.3 is 15.3 Å². The number of nitrogens with one attached hydrogen (secondary N) is 1. The Bertz CT molecular complexity index is 149. The monoisotopic (exact) mass is 158 g/mol. The fraction of sp³-hybridized carbons (Fsp3) is 0.857. The largest absolute Gasteiger partial charge is 0.390 e. The van der Waals surface area contributed by atoms with Gasteiger partial charge in [0.25, 0.3) is 0 Å². The number of carbonyl (C=O) groups excluding carboxylic acids is 1. The molecular formula is C7H14N2O2. The molecule has 11 heavy (non-hydrogen) atoms. The molecule has 0 saturated carbocycles. The summed E-state index contributed by atoms with van der Waals surface area (Å²) in [4.78, 5) is 12.5. The summed E-state index contributed by atoms with van der Waals surface area (Å²) in [6.45, 7) is 4.05. The van der Waals surface area contributed by atoms with Gasteiger partial charge in [-0.3, -0.25) is 4.79 Å². The van der Waals surface area contributed by atoms with Gasteiger partial charge in [-0.2, -0.15) is 0 Å². The lowest BCUT2D eigenvalue weighted by Crippen LogP contribution is -2.36. The maximum absolute atomic E-state index is 10.9. The summed E-state index contributed by atoms with van der Waals surface area (Å²) in [7, 11) is 0. The third-order valence-corrected chi connectivity index (χ3v) is 1.81. The van der Waals surface area contributed by atoms with E-state index in [1.165, 1.54) is 6.92 Å². The van der Waals surface area contributed by atoms with Crippen LogP contribution in [-0.2, 0) is 4.79 Å². The first-order chi connectivity index (χ1) is 5.20. The SMILES string of the molecule is CC(=O)N1CCNCC(O)C1. The molecule has 4 nitrogen and oxygen atoms in total. The third kappa shape index (κ3) is 2.48. The van der Waals surface area contributed by atoms with Crippen molar-refractivity contribution in [2.45, 2.75) is 13.0 Å². The summed E-state index contributed by atoms with van der Waals surface area (Å²) >= 11 is 0. The lowest BCUT2D eigenvalue weighted by atomic mass is 10.3. The van der Waals surface area contributed by atoms with Crippen molar-refractivity contribution >= 4 is 5.91 Å². The summed E-state index contributed by atoms with van der Waals surface area (Å²) in [5.41, 5.74) is 0. The zero-order chi connectivity index (χ0) is 8.27. The van der Waals surface area contributed by atoms with Crippen LogP contribution in [0.5, 0.6) is 0 Å². The van der Waals surface area contributed by atoms with E-state index in [0.717, 1.165) is 6.54 Å². The Balaban J connectivity index is 2.45. The van der Waals surface area contributed by atoms with Crippen molar-refractivity contribution < 1.29 is 9.90 Å². The molecule has 0 radical (unpaired) electrons. The van der Waals surface area contributed by atoms with Gasteiger partial charge >= 0.3 is 0 Å². The zero-order valence-corrected chi connectivity index (χ0v) is 6.71. The first-order valence-corrected chi connectivity index (χ1v) is 3.84. The van der Waals surface area contributed by atoms with Crippen LogP contribution in [0.4, 0.5) is 0 Å². The summed E-state index contributed by atoms with van der Waals surface area (Å²) < 4.78 is 0. The molecular weight excluding hydrogens is 144 g/mol. The predicted octanol–water partition coefficient (Wildman–Crippen LogP) is -1.20. The fourth-order valence-corrected chi connectivity index (χ4v) is 1.18. The van der Waals surface area contributed by atoms with Crippen molar-refractivity contribution in [3.05, 3.63) is 0 Å². The van der Waals surface area contributed by atoms with Crippen LogP contribution in [0.25, 0.3) is 0 Å². The number of β-amino-alcohol motifs (C(OH)–C–C–N with tert-alkyl or cyclic N) is 1. The Labute approximate surface area is 66.2 Å². The molecule has 1 unspecified atom stereocenters. The number of rotatable bonds is 0. The molecule has 1 rings (SSSR count). The number of nitrogens with zero attached hydrogens (tertiary/aromatic N) is 1. The molecule has 0 bridgehead atoms. The summed E-state index contributed by atoms with van der Waals surface area (Å²) in [6.07, 6.45) is -0.415. The Kier molecular flexibility index (Phi) is 2.84. The predicted molar refractivity (Wildman–Crippen MR) is 41.1 cm³/mol. The van der Waals surface area contributed by atoms with Gasteiger partial charge in [0.2, 0.25) is 5.91 Å². The maximum Gasteiger partial charge on any atom is 0.219 e. The van der Waals surface area contributed by atoms with Crippen molar-refractivity contribution in [2.24, 2.45) is 0 Å². The van der Waals surface area contributed by atoms with Gasteiger partial charge in [0.05, 0.1) is 6.10 Å². The van der Waals surface area contributed by atoms with Crippen molar-refractivity contribution in [1.29, 1.82) is 0 Å². The molecule has 4 heteroatoms. The van der Waals surface area contributed by atoms with Crippen molar-refractivity contribution in [1.82, 2.24) is 10.2 Å². The normalized spacial score (nSPS) is 26.4. The van der Waals surface area contributed by atoms with E-state index < -0.39 is 6.10 Å². The van der Waals surface area contributed by atoms with Crippen LogP contribution in [0.2, 0.25) is 0 Å². The third-order valence-electron chi connectivity index (χ3n) is 1.81. The molecule has 2 N–H and O–H groups in total. The summed E-state index contributed by atoms with van der Waals surface area (Å²) in [6, 6.07) is 0. The lowest BCUT2D eigenvalue weighted by Gasteiger charge is -2.19. The molecule has 64 valence electrons. The molecule has 1 saturated heterocycles. The van der Waals surface area contributed by atoms with Crippen LogP contribution < -0.4 is 5.32 Å². The number of carbonyl (C=O) groups is 1. The first kappa shape index (κ1) is 8.49. The van der Waals surface area contributed by atoms with E-state index in [1.807, 2.05) is 0 Å². The highest BCUT2D eigenvalue weighted by molar-refractivity contribution is 5.73. The van der Waals surface area contributed by atoms with Crippen molar-refractivity contribution in [3.63, 3.8) is 0 Å². The van der Waals surface area contributed by atoms with Crippen LogP contribution in [0, 0.1) is 0 Å². The molecule has 1 aliphatic rings. The minimum Gasteiger partial charge on any atom is -0.390 e. The van der Waals surface area contributed by atoms with E-state index in [-0.39, 0.29) is 5.91 Å². The molecule has 1 fully saturated rings. The number of hydrogen-bond donors (Lipinski definition) is 2. The molecule has 0 spiro atoms. The van der Waals surface area contributed by atoms with E-state index in [4.69, 9.17) is 0 Å². The van der Waals surface area contributed by atoms with Crippen LogP contribution in [0.1, 0.15) is 6.92 Å². The number of aliphatic hydroxyl groups is 1. The topological polar surface area (TPSA) is 52.6 Å². The average Bonchev–Trinajstić information content (AvgIpc) is 2.13. The highest BCUT2D eigenvalue weighted by Crippen LogP contribution is 1.95. The minimum absolute atomic E-state index is 0.0350. The fourth-order valence-electron chi connectivity index (χ4n) is 1.18. The van der Waals surface area contributed by atoms with Gasteiger partial charge in [-0.05, 0) is 0 Å². The van der Waals surface area contributed by atoms with Gasteiger partial charge in [-0.25, -0.2) is 0 Å². The molecule has 1 aliphatic heterocycles. The zero-order valence-electron chi connectivity index (χ0n) is 6.71. The van der Waals surface area contributed by atoms with Crippen LogP contribution in [-0.4, -0.2) is 48.2 Å². The Hall–Kier alpha value is -0.610. The highest BCUT2D eigenvalue weighted by Gasteiger charge is 2.16. The molecule has 1 amide bonds. The van der Waals surface area contributed by atoms with E-state index in [0.29, 0.717) is 19.6 Å². The van der Waals surface area contributed by atoms with Crippen molar-refractivity contribution in [3.8, 4) is 0 Å². The van der Waals surface area contributed by atoms with Gasteiger partial charge in [-0.15, -0.1) is 0 Å². The second kappa shape index (κ2) is 3.69. The molecule has 0 aliphatic carbocycles. The van der Waals surface area contributed by atoms with E-state index in [2.05, 4.69) is 5.32 Å². The quantitative estimate of drug-likeness (QED) is 0.465. The van der Waals surface area contributed by atoms with Gasteiger partial charge in [0.15, 0.2) is 0 Å². The van der Waals surface area contributed by atoms with Crippen LogP contribution in [0.3, 0.4) is 0 Å². The van der Waals surface area contributed by atoms with Gasteiger partial charge in [0, 0.05) is 33.1 Å². The molecule has 0 aromatic rings. The van der Waals surface area contributed by atoms with E-state index >= 15 is 0 Å². The van der Waals surface area contributed by atoms with Crippen LogP contribution in [0.15, 0.2) is 0 Å². The minimum atomic E-state index is -0.415. The molecule has 0 aromatic heterocycles. The Morgan fingerprint density at radius 1 is 1.73 bits per heavy atom. The van der Waals surface area contributed by atoms with E-state index in [1.54, 1.807) is 4.90 Å². The number of aliphatic hydroxyl groups excluding tert-OH is 1. The Morgan fingerprint density at radius 2 is 2.45 bits per heavy atom. The molecule has 1 atom stereocenters. The standard InChI is InChI=1S/C7H14N2O2/c1-6(10)9-3-2-8-4-7(11)5-9/h7-8,11H,2-5H2,1H3. The number of hydrogen-bond acceptors (Lipinski definition) is 3. The van der Waals surface area contributed by atoms with E-state index in [9.17, 15) is 9.90 Å². The second-order valence-electron chi connectivity index (χ2n) is 2.82. The first-order valence-electron chi connectivity index (χ1n) is 3.84. The van der Waals surface area contributed by atoms with Gasteiger partial charge in [0.1, 0.15) is 0 Å². The lowest BCUT2D eigenvalue weighted by molar-refractivity contribution is -0.129. The number of amides is 1. The molecule has 0 aromatic carbocycles. The van der Waals surface area contributed by atoms with Gasteiger partial charge in [-0.1, -0.05) is 0 Å². The maximum atomic E-state index is 10.9. The Morgan fingerprint density at radius 3 is 3.09 bits per heavy atom. The van der Waals surface area contributed by atoms with Crippen molar-refractivity contribution in [2.75, 3.05) is 26.2 Å². The summed E-state index contributed by atoms with van der Waals surface area (Å²) in [5.74, 6) is 0.0350. The average molecular weight is 158 g/mol. The molecule has 1 heterocycles. The van der Waals surface area contributed by atoms with Crippen LogP contribution >= 0.6 is 0 Å². The highest BCUT2D eigenvalue weighted by atomic mass is 16.3.